The van der Waals surface area contributed by atoms with Gasteiger partial charge < -0.3 is 14.5 Å². The molecule has 19 heavy (non-hydrogen) atoms. The fraction of sp³-hybridized carbons (Fsp3) is 1.00. The van der Waals surface area contributed by atoms with E-state index in [1.54, 1.807) is 7.11 Å². The molecule has 1 aliphatic heterocycles. The molecule has 0 saturated carbocycles. The van der Waals surface area contributed by atoms with Crippen LogP contribution in [0.2, 0.25) is 0 Å². The molecule has 0 N–H and O–H groups in total. The molecule has 3 unspecified atom stereocenters. The molecule has 0 amide bonds. The summed E-state index contributed by atoms with van der Waals surface area (Å²) in [5.74, 6) is 1.67. The monoisotopic (exact) mass is 272 g/mol. The van der Waals surface area contributed by atoms with E-state index >= 15 is 0 Å². The van der Waals surface area contributed by atoms with Crippen LogP contribution in [0.5, 0.6) is 0 Å². The summed E-state index contributed by atoms with van der Waals surface area (Å²) >= 11 is 0. The van der Waals surface area contributed by atoms with E-state index < -0.39 is 0 Å². The van der Waals surface area contributed by atoms with Crippen LogP contribution >= 0.6 is 0 Å². The van der Waals surface area contributed by atoms with Gasteiger partial charge in [-0.25, -0.2) is 0 Å². The summed E-state index contributed by atoms with van der Waals surface area (Å²) in [7, 11) is 4.01. The Morgan fingerprint density at radius 1 is 1.37 bits per heavy atom. The molecular weight excluding hydrogens is 236 g/mol. The molecule has 116 valence electrons. The average molecular weight is 272 g/mol. The van der Waals surface area contributed by atoms with Crippen LogP contribution in [0.25, 0.3) is 0 Å². The van der Waals surface area contributed by atoms with Crippen LogP contribution in [0.1, 0.15) is 41.0 Å². The second kappa shape index (κ2) is 10.6. The lowest BCUT2D eigenvalue weighted by Crippen LogP contribution is -2.46. The van der Waals surface area contributed by atoms with Gasteiger partial charge in [-0.1, -0.05) is 27.7 Å². The van der Waals surface area contributed by atoms with Crippen molar-refractivity contribution in [3.8, 4) is 0 Å². The number of piperidine rings is 1. The first-order valence-electron chi connectivity index (χ1n) is 8.00. The normalized spacial score (nSPS) is 25.9. The van der Waals surface area contributed by atoms with Crippen molar-refractivity contribution in [2.75, 3.05) is 46.9 Å². The van der Waals surface area contributed by atoms with Gasteiger partial charge in [-0.3, -0.25) is 0 Å². The summed E-state index contributed by atoms with van der Waals surface area (Å²) < 4.78 is 5.23. The summed E-state index contributed by atoms with van der Waals surface area (Å²) in [4.78, 5) is 5.03. The van der Waals surface area contributed by atoms with Crippen LogP contribution in [0, 0.1) is 11.8 Å². The van der Waals surface area contributed by atoms with E-state index in [1.165, 1.54) is 32.6 Å². The lowest BCUT2D eigenvalue weighted by molar-refractivity contribution is 0.0669. The van der Waals surface area contributed by atoms with Gasteiger partial charge in [0.15, 0.2) is 0 Å². The molecule has 1 fully saturated rings. The average Bonchev–Trinajstić information content (AvgIpc) is 2.43. The molecule has 1 aliphatic rings. The van der Waals surface area contributed by atoms with Gasteiger partial charge >= 0.3 is 0 Å². The Balaban J connectivity index is 0.00000154. The molecule has 0 aromatic heterocycles. The molecule has 0 aromatic rings. The molecule has 1 saturated heterocycles. The van der Waals surface area contributed by atoms with E-state index in [-0.39, 0.29) is 0 Å². The largest absolute Gasteiger partial charge is 0.383 e. The highest BCUT2D eigenvalue weighted by Crippen LogP contribution is 2.24. The standard InChI is InChI=1S/C14H30N2O.C2H6/c1-6-16-8-7-12(2)14(10-16)9-15(4)13(3)11-17-5;1-2/h12-14H,6-11H2,1-5H3;1-2H3. The van der Waals surface area contributed by atoms with Crippen molar-refractivity contribution < 1.29 is 4.74 Å². The molecule has 0 aromatic carbocycles. The van der Waals surface area contributed by atoms with Crippen LogP contribution in [-0.4, -0.2) is 62.8 Å². The minimum atomic E-state index is 0.518. The summed E-state index contributed by atoms with van der Waals surface area (Å²) in [5, 5.41) is 0. The number of hydrogen-bond donors (Lipinski definition) is 0. The third-order valence-corrected chi connectivity index (χ3v) is 4.33. The van der Waals surface area contributed by atoms with E-state index in [1.807, 2.05) is 13.8 Å². The second-order valence-corrected chi connectivity index (χ2v) is 5.66. The smallest absolute Gasteiger partial charge is 0.0615 e. The van der Waals surface area contributed by atoms with E-state index in [4.69, 9.17) is 4.74 Å². The molecule has 3 atom stereocenters. The van der Waals surface area contributed by atoms with Crippen LogP contribution in [0.4, 0.5) is 0 Å². The molecule has 3 heteroatoms. The van der Waals surface area contributed by atoms with Gasteiger partial charge in [0.05, 0.1) is 6.61 Å². The van der Waals surface area contributed by atoms with Crippen molar-refractivity contribution >= 4 is 0 Å². The first-order chi connectivity index (χ1) is 9.08. The van der Waals surface area contributed by atoms with Crippen LogP contribution in [0.15, 0.2) is 0 Å². The third-order valence-electron chi connectivity index (χ3n) is 4.33. The second-order valence-electron chi connectivity index (χ2n) is 5.66. The molecule has 0 radical (unpaired) electrons. The number of likely N-dealkylation sites (tertiary alicyclic amines) is 1. The lowest BCUT2D eigenvalue weighted by atomic mass is 9.86. The van der Waals surface area contributed by atoms with Crippen LogP contribution in [-0.2, 0) is 4.74 Å². The van der Waals surface area contributed by atoms with E-state index in [0.29, 0.717) is 6.04 Å². The number of nitrogens with zero attached hydrogens (tertiary/aromatic N) is 2. The zero-order valence-corrected chi connectivity index (χ0v) is 14.3. The zero-order chi connectivity index (χ0) is 14.8. The molecule has 1 heterocycles. The molecule has 0 spiro atoms. The lowest BCUT2D eigenvalue weighted by Gasteiger charge is -2.39. The van der Waals surface area contributed by atoms with E-state index in [0.717, 1.165) is 18.4 Å². The Labute approximate surface area is 121 Å². The number of methoxy groups -OCH3 is 1. The zero-order valence-electron chi connectivity index (χ0n) is 14.3. The first kappa shape index (κ1) is 18.9. The predicted octanol–water partition coefficient (Wildman–Crippen LogP) is 2.96. The van der Waals surface area contributed by atoms with Gasteiger partial charge in [-0.15, -0.1) is 0 Å². The minimum absolute atomic E-state index is 0.518. The highest BCUT2D eigenvalue weighted by molar-refractivity contribution is 4.80. The number of likely N-dealkylation sites (N-methyl/N-ethyl adjacent to an activating group) is 1. The van der Waals surface area contributed by atoms with Gasteiger partial charge in [0, 0.05) is 26.2 Å². The van der Waals surface area contributed by atoms with Gasteiger partial charge in [-0.2, -0.15) is 0 Å². The Morgan fingerprint density at radius 3 is 2.53 bits per heavy atom. The predicted molar refractivity (Wildman–Crippen MR) is 84.7 cm³/mol. The Morgan fingerprint density at radius 2 is 2.00 bits per heavy atom. The van der Waals surface area contributed by atoms with Crippen LogP contribution in [0.3, 0.4) is 0 Å². The summed E-state index contributed by atoms with van der Waals surface area (Å²) in [6, 6.07) is 0.518. The van der Waals surface area contributed by atoms with Crippen molar-refractivity contribution in [3.63, 3.8) is 0 Å². The summed E-state index contributed by atoms with van der Waals surface area (Å²) in [6.45, 7) is 16.7. The van der Waals surface area contributed by atoms with Gasteiger partial charge in [0.2, 0.25) is 0 Å². The Bertz CT molecular complexity index is 211. The van der Waals surface area contributed by atoms with Crippen molar-refractivity contribution in [1.29, 1.82) is 0 Å². The summed E-state index contributed by atoms with van der Waals surface area (Å²) in [5.41, 5.74) is 0. The third kappa shape index (κ3) is 6.73. The Hall–Kier alpha value is -0.120. The Kier molecular flexibility index (Phi) is 10.6. The van der Waals surface area contributed by atoms with Gasteiger partial charge in [0.1, 0.15) is 0 Å². The molecule has 1 rings (SSSR count). The number of rotatable bonds is 6. The molecule has 0 aliphatic carbocycles. The maximum absolute atomic E-state index is 5.23. The molecular formula is C16H36N2O. The first-order valence-corrected chi connectivity index (χ1v) is 8.00. The van der Waals surface area contributed by atoms with Crippen molar-refractivity contribution in [3.05, 3.63) is 0 Å². The maximum atomic E-state index is 5.23. The minimum Gasteiger partial charge on any atom is -0.383 e. The van der Waals surface area contributed by atoms with Crippen molar-refractivity contribution in [2.45, 2.75) is 47.1 Å². The highest BCUT2D eigenvalue weighted by atomic mass is 16.5. The fourth-order valence-corrected chi connectivity index (χ4v) is 2.67. The van der Waals surface area contributed by atoms with Crippen molar-refractivity contribution in [1.82, 2.24) is 9.80 Å². The summed E-state index contributed by atoms with van der Waals surface area (Å²) in [6.07, 6.45) is 1.35. The SMILES string of the molecule is CC.CCN1CCC(C)C(CN(C)C(C)COC)C1. The number of hydrogen-bond acceptors (Lipinski definition) is 3. The van der Waals surface area contributed by atoms with Gasteiger partial charge in [0.25, 0.3) is 0 Å². The van der Waals surface area contributed by atoms with Crippen molar-refractivity contribution in [2.24, 2.45) is 11.8 Å². The van der Waals surface area contributed by atoms with E-state index in [9.17, 15) is 0 Å². The number of ether oxygens (including phenoxy) is 1. The highest BCUT2D eigenvalue weighted by Gasteiger charge is 2.27. The van der Waals surface area contributed by atoms with Gasteiger partial charge in [-0.05, 0) is 45.3 Å². The fourth-order valence-electron chi connectivity index (χ4n) is 2.67. The maximum Gasteiger partial charge on any atom is 0.0615 e. The molecule has 3 nitrogen and oxygen atoms in total. The van der Waals surface area contributed by atoms with Crippen LogP contribution < -0.4 is 0 Å². The van der Waals surface area contributed by atoms with E-state index in [2.05, 4.69) is 37.6 Å². The topological polar surface area (TPSA) is 15.7 Å². The molecule has 0 bridgehead atoms. The quantitative estimate of drug-likeness (QED) is 0.739.